The van der Waals surface area contributed by atoms with Gasteiger partial charge >= 0.3 is 0 Å². The Labute approximate surface area is 97.5 Å². The Kier molecular flexibility index (Phi) is 3.06. The molecule has 1 aliphatic carbocycles. The second kappa shape index (κ2) is 4.21. The van der Waals surface area contributed by atoms with Crippen LogP contribution < -0.4 is 0 Å². The van der Waals surface area contributed by atoms with Gasteiger partial charge in [-0.25, -0.2) is 0 Å². The van der Waals surface area contributed by atoms with Gasteiger partial charge in [0.1, 0.15) is 0 Å². The molecule has 0 spiro atoms. The third-order valence-electron chi connectivity index (χ3n) is 3.27. The molecule has 0 amide bonds. The van der Waals surface area contributed by atoms with E-state index in [0.29, 0.717) is 0 Å². The summed E-state index contributed by atoms with van der Waals surface area (Å²) in [5.41, 5.74) is 1.63. The zero-order valence-electron chi connectivity index (χ0n) is 10.5. The van der Waals surface area contributed by atoms with Crippen LogP contribution in [-0.2, 0) is 13.0 Å². The fourth-order valence-electron chi connectivity index (χ4n) is 2.42. The molecule has 1 N–H and O–H groups in total. The van der Waals surface area contributed by atoms with Crippen LogP contribution in [0.4, 0.5) is 0 Å². The highest BCUT2D eigenvalue weighted by molar-refractivity contribution is 5.11. The highest BCUT2D eigenvalue weighted by atomic mass is 16.3. The first-order valence-electron chi connectivity index (χ1n) is 6.26. The predicted octanol–water partition coefficient (Wildman–Crippen LogP) is 2.31. The Balaban J connectivity index is 2.05. The standard InChI is InChI=1S/C13H22N2O/c1-4-15-12(7-10(2)14-15)9-13(3,16)8-11-5-6-11/h7,11,16H,4-6,8-9H2,1-3H3. The molecule has 1 atom stereocenters. The molecule has 0 aliphatic heterocycles. The SMILES string of the molecule is CCn1nc(C)cc1CC(C)(O)CC1CC1. The molecule has 0 radical (unpaired) electrons. The summed E-state index contributed by atoms with van der Waals surface area (Å²) < 4.78 is 2.00. The van der Waals surface area contributed by atoms with E-state index in [-0.39, 0.29) is 0 Å². The van der Waals surface area contributed by atoms with Crippen molar-refractivity contribution in [1.29, 1.82) is 0 Å². The number of rotatable bonds is 5. The molecular formula is C13H22N2O. The van der Waals surface area contributed by atoms with E-state index in [0.717, 1.165) is 36.7 Å². The van der Waals surface area contributed by atoms with Gasteiger partial charge in [0.2, 0.25) is 0 Å². The van der Waals surface area contributed by atoms with Gasteiger partial charge in [0.15, 0.2) is 0 Å². The van der Waals surface area contributed by atoms with Crippen LogP contribution >= 0.6 is 0 Å². The van der Waals surface area contributed by atoms with Crippen molar-refractivity contribution >= 4 is 0 Å². The quantitative estimate of drug-likeness (QED) is 0.830. The van der Waals surface area contributed by atoms with Gasteiger partial charge in [-0.2, -0.15) is 5.10 Å². The van der Waals surface area contributed by atoms with Crippen LogP contribution in [-0.4, -0.2) is 20.5 Å². The van der Waals surface area contributed by atoms with Crippen LogP contribution in [0.25, 0.3) is 0 Å². The summed E-state index contributed by atoms with van der Waals surface area (Å²) in [6, 6.07) is 2.09. The molecule has 1 aromatic heterocycles. The Morgan fingerprint density at radius 3 is 2.81 bits per heavy atom. The molecule has 16 heavy (non-hydrogen) atoms. The second-order valence-electron chi connectivity index (χ2n) is 5.41. The van der Waals surface area contributed by atoms with E-state index in [1.807, 2.05) is 18.5 Å². The number of aryl methyl sites for hydroxylation is 2. The van der Waals surface area contributed by atoms with Gasteiger partial charge in [-0.15, -0.1) is 0 Å². The number of hydrogen-bond donors (Lipinski definition) is 1. The molecule has 1 aliphatic rings. The molecule has 0 bridgehead atoms. The summed E-state index contributed by atoms with van der Waals surface area (Å²) in [5.74, 6) is 0.758. The van der Waals surface area contributed by atoms with E-state index >= 15 is 0 Å². The lowest BCUT2D eigenvalue weighted by atomic mass is 9.93. The molecule has 1 fully saturated rings. The molecule has 2 rings (SSSR count). The second-order valence-corrected chi connectivity index (χ2v) is 5.41. The predicted molar refractivity (Wildman–Crippen MR) is 64.3 cm³/mol. The van der Waals surface area contributed by atoms with E-state index < -0.39 is 5.60 Å². The molecule has 1 heterocycles. The molecular weight excluding hydrogens is 200 g/mol. The smallest absolute Gasteiger partial charge is 0.0677 e. The first-order chi connectivity index (χ1) is 7.50. The van der Waals surface area contributed by atoms with Crippen molar-refractivity contribution in [3.63, 3.8) is 0 Å². The van der Waals surface area contributed by atoms with Crippen molar-refractivity contribution in [2.75, 3.05) is 0 Å². The summed E-state index contributed by atoms with van der Waals surface area (Å²) in [6.07, 6.45) is 4.24. The van der Waals surface area contributed by atoms with Crippen molar-refractivity contribution in [2.24, 2.45) is 5.92 Å². The normalized spacial score (nSPS) is 19.8. The molecule has 90 valence electrons. The van der Waals surface area contributed by atoms with Crippen LogP contribution in [0.15, 0.2) is 6.07 Å². The number of aliphatic hydroxyl groups is 1. The minimum atomic E-state index is -0.569. The summed E-state index contributed by atoms with van der Waals surface area (Å²) >= 11 is 0. The zero-order chi connectivity index (χ0) is 11.8. The van der Waals surface area contributed by atoms with Crippen molar-refractivity contribution < 1.29 is 5.11 Å². The maximum Gasteiger partial charge on any atom is 0.0677 e. The molecule has 1 aromatic rings. The maximum atomic E-state index is 10.4. The van der Waals surface area contributed by atoms with Gasteiger partial charge in [0.25, 0.3) is 0 Å². The first-order valence-corrected chi connectivity index (χ1v) is 6.26. The highest BCUT2D eigenvalue weighted by Crippen LogP contribution is 2.37. The average Bonchev–Trinajstić information content (AvgIpc) is 2.89. The number of hydrogen-bond acceptors (Lipinski definition) is 2. The molecule has 0 saturated heterocycles. The van der Waals surface area contributed by atoms with Gasteiger partial charge < -0.3 is 5.11 Å². The van der Waals surface area contributed by atoms with Crippen molar-refractivity contribution in [2.45, 2.75) is 58.6 Å². The monoisotopic (exact) mass is 222 g/mol. The van der Waals surface area contributed by atoms with Crippen LogP contribution in [0.5, 0.6) is 0 Å². The molecule has 1 unspecified atom stereocenters. The van der Waals surface area contributed by atoms with Gasteiger partial charge in [-0.05, 0) is 39.2 Å². The van der Waals surface area contributed by atoms with Crippen LogP contribution in [0.2, 0.25) is 0 Å². The largest absolute Gasteiger partial charge is 0.390 e. The topological polar surface area (TPSA) is 38.0 Å². The van der Waals surface area contributed by atoms with E-state index in [1.165, 1.54) is 12.8 Å². The number of nitrogens with zero attached hydrogens (tertiary/aromatic N) is 2. The van der Waals surface area contributed by atoms with E-state index in [2.05, 4.69) is 18.1 Å². The average molecular weight is 222 g/mol. The molecule has 0 aromatic carbocycles. The summed E-state index contributed by atoms with van der Waals surface area (Å²) in [4.78, 5) is 0. The van der Waals surface area contributed by atoms with Crippen molar-refractivity contribution in [1.82, 2.24) is 9.78 Å². The van der Waals surface area contributed by atoms with E-state index in [1.54, 1.807) is 0 Å². The van der Waals surface area contributed by atoms with Gasteiger partial charge in [0, 0.05) is 18.7 Å². The summed E-state index contributed by atoms with van der Waals surface area (Å²) in [6.45, 7) is 6.92. The van der Waals surface area contributed by atoms with Crippen molar-refractivity contribution in [3.8, 4) is 0 Å². The Morgan fingerprint density at radius 2 is 2.25 bits per heavy atom. The maximum absolute atomic E-state index is 10.4. The minimum Gasteiger partial charge on any atom is -0.390 e. The van der Waals surface area contributed by atoms with Gasteiger partial charge in [-0.1, -0.05) is 12.8 Å². The Hall–Kier alpha value is -0.830. The lowest BCUT2D eigenvalue weighted by Crippen LogP contribution is -2.29. The lowest BCUT2D eigenvalue weighted by molar-refractivity contribution is 0.0435. The fourth-order valence-corrected chi connectivity index (χ4v) is 2.42. The van der Waals surface area contributed by atoms with E-state index in [9.17, 15) is 5.11 Å². The lowest BCUT2D eigenvalue weighted by Gasteiger charge is -2.23. The highest BCUT2D eigenvalue weighted by Gasteiger charge is 2.32. The zero-order valence-corrected chi connectivity index (χ0v) is 10.5. The van der Waals surface area contributed by atoms with E-state index in [4.69, 9.17) is 0 Å². The summed E-state index contributed by atoms with van der Waals surface area (Å²) in [5, 5.41) is 14.8. The Bertz CT molecular complexity index is 364. The van der Waals surface area contributed by atoms with Crippen LogP contribution in [0.3, 0.4) is 0 Å². The first kappa shape index (κ1) is 11.6. The summed E-state index contributed by atoms with van der Waals surface area (Å²) in [7, 11) is 0. The number of aromatic nitrogens is 2. The van der Waals surface area contributed by atoms with Crippen molar-refractivity contribution in [3.05, 3.63) is 17.5 Å². The molecule has 1 saturated carbocycles. The molecule has 3 nitrogen and oxygen atoms in total. The van der Waals surface area contributed by atoms with Crippen LogP contribution in [0.1, 0.15) is 44.5 Å². The molecule has 3 heteroatoms. The minimum absolute atomic E-state index is 0.569. The third-order valence-corrected chi connectivity index (χ3v) is 3.27. The van der Waals surface area contributed by atoms with Gasteiger partial charge in [0.05, 0.1) is 11.3 Å². The Morgan fingerprint density at radius 1 is 1.56 bits per heavy atom. The van der Waals surface area contributed by atoms with Gasteiger partial charge in [-0.3, -0.25) is 4.68 Å². The van der Waals surface area contributed by atoms with Crippen LogP contribution in [0, 0.1) is 12.8 Å². The third kappa shape index (κ3) is 2.85. The fraction of sp³-hybridized carbons (Fsp3) is 0.769.